The minimum absolute atomic E-state index is 0.613. The van der Waals surface area contributed by atoms with Gasteiger partial charge in [-0.2, -0.15) is 0 Å². The Morgan fingerprint density at radius 2 is 1.00 bits per heavy atom. The van der Waals surface area contributed by atoms with Gasteiger partial charge in [-0.15, -0.1) is 0 Å². The van der Waals surface area contributed by atoms with Crippen molar-refractivity contribution in [3.63, 3.8) is 0 Å². The predicted octanol–water partition coefficient (Wildman–Crippen LogP) is 13.8. The van der Waals surface area contributed by atoms with Crippen molar-refractivity contribution in [3.8, 4) is 33.7 Å². The van der Waals surface area contributed by atoms with Gasteiger partial charge in [-0.3, -0.25) is 0 Å². The Hall–Kier alpha value is -6.97. The van der Waals surface area contributed by atoms with Gasteiger partial charge in [-0.05, 0) is 92.3 Å². The van der Waals surface area contributed by atoms with E-state index in [4.69, 9.17) is 9.40 Å². The van der Waals surface area contributed by atoms with E-state index in [2.05, 4.69) is 169 Å². The molecule has 244 valence electrons. The number of oxazole rings is 1. The molecule has 0 atom stereocenters. The summed E-state index contributed by atoms with van der Waals surface area (Å²) in [4.78, 5) is 7.40. The highest BCUT2D eigenvalue weighted by molar-refractivity contribution is 6.14. The van der Waals surface area contributed by atoms with E-state index in [1.54, 1.807) is 0 Å². The molecule has 0 aliphatic carbocycles. The fourth-order valence-electron chi connectivity index (χ4n) is 7.59. The highest BCUT2D eigenvalue weighted by atomic mass is 16.3. The second kappa shape index (κ2) is 12.4. The first-order valence-electron chi connectivity index (χ1n) is 17.6. The quantitative estimate of drug-likeness (QED) is 0.166. The van der Waals surface area contributed by atoms with E-state index in [1.165, 1.54) is 38.2 Å². The largest absolute Gasteiger partial charge is 0.435 e. The molecule has 0 unspecified atom stereocenters. The Balaban J connectivity index is 1.18. The SMILES string of the molecule is c1ccc(-c2cccc(N(c3ccc(-c4cc5ccccc5c5ccccc45)cc3)c3cc4nc(-c5ccccc5)oc4c4ccccc34)c2)cc1. The zero-order valence-electron chi connectivity index (χ0n) is 28.3. The average Bonchev–Trinajstić information content (AvgIpc) is 3.67. The lowest BCUT2D eigenvalue weighted by Gasteiger charge is -2.27. The third-order valence-electron chi connectivity index (χ3n) is 10.1. The smallest absolute Gasteiger partial charge is 0.227 e. The number of aromatic nitrogens is 1. The average molecular weight is 665 g/mol. The molecule has 0 aliphatic rings. The summed E-state index contributed by atoms with van der Waals surface area (Å²) in [5.74, 6) is 0.613. The maximum absolute atomic E-state index is 6.49. The molecule has 0 N–H and O–H groups in total. The van der Waals surface area contributed by atoms with Gasteiger partial charge in [0.05, 0.1) is 5.69 Å². The number of hydrogen-bond acceptors (Lipinski definition) is 3. The van der Waals surface area contributed by atoms with Crippen molar-refractivity contribution in [2.75, 3.05) is 4.90 Å². The molecule has 3 heteroatoms. The second-order valence-electron chi connectivity index (χ2n) is 13.2. The molecule has 52 heavy (non-hydrogen) atoms. The molecule has 0 radical (unpaired) electrons. The molecule has 3 nitrogen and oxygen atoms in total. The monoisotopic (exact) mass is 664 g/mol. The van der Waals surface area contributed by atoms with E-state index in [1.807, 2.05) is 30.3 Å². The van der Waals surface area contributed by atoms with Crippen LogP contribution in [0.3, 0.4) is 0 Å². The topological polar surface area (TPSA) is 29.3 Å². The molecule has 10 rings (SSSR count). The Morgan fingerprint density at radius 3 is 1.77 bits per heavy atom. The van der Waals surface area contributed by atoms with Crippen LogP contribution in [0.5, 0.6) is 0 Å². The summed E-state index contributed by atoms with van der Waals surface area (Å²) in [7, 11) is 0. The zero-order valence-corrected chi connectivity index (χ0v) is 28.3. The molecular weight excluding hydrogens is 633 g/mol. The van der Waals surface area contributed by atoms with Gasteiger partial charge in [0.15, 0.2) is 5.58 Å². The van der Waals surface area contributed by atoms with Crippen molar-refractivity contribution in [2.24, 2.45) is 0 Å². The van der Waals surface area contributed by atoms with E-state index in [0.717, 1.165) is 50.1 Å². The third kappa shape index (κ3) is 5.10. The van der Waals surface area contributed by atoms with Crippen LogP contribution in [0.4, 0.5) is 17.1 Å². The summed E-state index contributed by atoms with van der Waals surface area (Å²) < 4.78 is 6.49. The second-order valence-corrected chi connectivity index (χ2v) is 13.2. The van der Waals surface area contributed by atoms with E-state index in [0.29, 0.717) is 5.89 Å². The van der Waals surface area contributed by atoms with Gasteiger partial charge in [0, 0.05) is 27.7 Å². The van der Waals surface area contributed by atoms with E-state index < -0.39 is 0 Å². The highest BCUT2D eigenvalue weighted by Crippen LogP contribution is 2.44. The lowest BCUT2D eigenvalue weighted by Crippen LogP contribution is -2.10. The van der Waals surface area contributed by atoms with Gasteiger partial charge in [0.2, 0.25) is 5.89 Å². The summed E-state index contributed by atoms with van der Waals surface area (Å²) in [5, 5.41) is 7.13. The van der Waals surface area contributed by atoms with Crippen LogP contribution in [0, 0.1) is 0 Å². The molecule has 0 saturated carbocycles. The Labute approximate surface area is 301 Å². The fourth-order valence-corrected chi connectivity index (χ4v) is 7.59. The lowest BCUT2D eigenvalue weighted by molar-refractivity contribution is 0.623. The van der Waals surface area contributed by atoms with Crippen LogP contribution in [-0.4, -0.2) is 4.98 Å². The molecule has 0 amide bonds. The lowest BCUT2D eigenvalue weighted by atomic mass is 9.93. The molecule has 0 fully saturated rings. The Bertz CT molecular complexity index is 2890. The fraction of sp³-hybridized carbons (Fsp3) is 0. The van der Waals surface area contributed by atoms with Crippen LogP contribution in [0.1, 0.15) is 0 Å². The van der Waals surface area contributed by atoms with Crippen molar-refractivity contribution in [1.29, 1.82) is 0 Å². The molecule has 0 aliphatic heterocycles. The first-order chi connectivity index (χ1) is 25.8. The maximum atomic E-state index is 6.49. The van der Waals surface area contributed by atoms with Crippen molar-refractivity contribution in [1.82, 2.24) is 4.98 Å². The van der Waals surface area contributed by atoms with Crippen LogP contribution in [0.2, 0.25) is 0 Å². The summed E-state index contributed by atoms with van der Waals surface area (Å²) >= 11 is 0. The number of fused-ring (bicyclic) bond motifs is 6. The van der Waals surface area contributed by atoms with Gasteiger partial charge in [0.25, 0.3) is 0 Å². The third-order valence-corrected chi connectivity index (χ3v) is 10.1. The summed E-state index contributed by atoms with van der Waals surface area (Å²) in [5.41, 5.74) is 10.4. The van der Waals surface area contributed by atoms with Crippen molar-refractivity contribution in [3.05, 3.63) is 194 Å². The van der Waals surface area contributed by atoms with Gasteiger partial charge < -0.3 is 9.32 Å². The predicted molar refractivity (Wildman–Crippen MR) is 218 cm³/mol. The molecule has 0 bridgehead atoms. The van der Waals surface area contributed by atoms with Gasteiger partial charge in [-0.1, -0.05) is 146 Å². The van der Waals surface area contributed by atoms with Gasteiger partial charge in [-0.25, -0.2) is 4.98 Å². The van der Waals surface area contributed by atoms with Crippen molar-refractivity contribution < 1.29 is 4.42 Å². The number of benzene rings is 9. The van der Waals surface area contributed by atoms with Gasteiger partial charge >= 0.3 is 0 Å². The number of anilines is 3. The number of nitrogens with zero attached hydrogens (tertiary/aromatic N) is 2. The molecule has 9 aromatic carbocycles. The molecule has 1 heterocycles. The minimum Gasteiger partial charge on any atom is -0.435 e. The standard InChI is InChI=1S/C49H32N2O/c1-3-14-33(15-4-1)36-19-13-20-39(30-36)51(47-32-46-48(44-25-12-11-24-43(44)47)52-49(50-46)35-16-5-2-6-17-35)38-28-26-34(27-29-38)45-31-37-18-7-8-21-40(37)41-22-9-10-23-42(41)45/h1-32H. The van der Waals surface area contributed by atoms with Crippen LogP contribution in [-0.2, 0) is 0 Å². The van der Waals surface area contributed by atoms with Crippen LogP contribution < -0.4 is 4.90 Å². The molecule has 0 spiro atoms. The first kappa shape index (κ1) is 29.9. The summed E-state index contributed by atoms with van der Waals surface area (Å²) in [6, 6.07) is 68.8. The molecule has 10 aromatic rings. The summed E-state index contributed by atoms with van der Waals surface area (Å²) in [6.07, 6.45) is 0. The van der Waals surface area contributed by atoms with E-state index >= 15 is 0 Å². The number of rotatable bonds is 6. The van der Waals surface area contributed by atoms with E-state index in [9.17, 15) is 0 Å². The minimum atomic E-state index is 0.613. The Kier molecular flexibility index (Phi) is 7.14. The highest BCUT2D eigenvalue weighted by Gasteiger charge is 2.21. The maximum Gasteiger partial charge on any atom is 0.227 e. The van der Waals surface area contributed by atoms with Crippen LogP contribution >= 0.6 is 0 Å². The molecule has 0 saturated heterocycles. The first-order valence-corrected chi connectivity index (χ1v) is 17.6. The van der Waals surface area contributed by atoms with Gasteiger partial charge in [0.1, 0.15) is 5.52 Å². The van der Waals surface area contributed by atoms with E-state index in [-0.39, 0.29) is 0 Å². The molecular formula is C49H32N2O. The van der Waals surface area contributed by atoms with Crippen LogP contribution in [0.25, 0.3) is 77.1 Å². The number of hydrogen-bond donors (Lipinski definition) is 0. The van der Waals surface area contributed by atoms with Crippen molar-refractivity contribution >= 4 is 60.5 Å². The normalized spacial score (nSPS) is 11.5. The zero-order chi connectivity index (χ0) is 34.4. The Morgan fingerprint density at radius 1 is 0.385 bits per heavy atom. The summed E-state index contributed by atoms with van der Waals surface area (Å²) in [6.45, 7) is 0. The van der Waals surface area contributed by atoms with Crippen LogP contribution in [0.15, 0.2) is 199 Å². The molecule has 1 aromatic heterocycles. The van der Waals surface area contributed by atoms with Crippen molar-refractivity contribution in [2.45, 2.75) is 0 Å².